The lowest BCUT2D eigenvalue weighted by Gasteiger charge is -2.28. The maximum absolute atomic E-state index is 12.5. The van der Waals surface area contributed by atoms with Gasteiger partial charge in [-0.2, -0.15) is 13.2 Å². The molecule has 1 aliphatic heterocycles. The van der Waals surface area contributed by atoms with Crippen molar-refractivity contribution >= 4 is 11.9 Å². The molecule has 1 heterocycles. The van der Waals surface area contributed by atoms with Crippen LogP contribution in [-0.2, 0) is 19.1 Å². The summed E-state index contributed by atoms with van der Waals surface area (Å²) in [5, 5.41) is 10.4. The normalized spacial score (nSPS) is 24.3. The van der Waals surface area contributed by atoms with Crippen LogP contribution >= 0.6 is 0 Å². The van der Waals surface area contributed by atoms with Crippen LogP contribution in [0.15, 0.2) is 24.3 Å². The van der Waals surface area contributed by atoms with E-state index in [0.29, 0.717) is 25.0 Å². The van der Waals surface area contributed by atoms with Crippen LogP contribution in [0.25, 0.3) is 0 Å². The minimum atomic E-state index is -5.08. The molecule has 3 aliphatic rings. The van der Waals surface area contributed by atoms with Crippen LogP contribution in [0.2, 0.25) is 0 Å². The van der Waals surface area contributed by atoms with Gasteiger partial charge in [0.05, 0.1) is 19.3 Å². The van der Waals surface area contributed by atoms with Crippen molar-refractivity contribution < 1.29 is 37.3 Å². The van der Waals surface area contributed by atoms with Gasteiger partial charge in [-0.3, -0.25) is 4.79 Å². The predicted octanol–water partition coefficient (Wildman–Crippen LogP) is 3.75. The van der Waals surface area contributed by atoms with Gasteiger partial charge in [-0.15, -0.1) is 0 Å². The summed E-state index contributed by atoms with van der Waals surface area (Å²) in [6, 6.07) is 8.79. The highest BCUT2D eigenvalue weighted by molar-refractivity contribution is 5.78. The lowest BCUT2D eigenvalue weighted by Crippen LogP contribution is -2.36. The summed E-state index contributed by atoms with van der Waals surface area (Å²) in [7, 11) is 1.64. The molecule has 4 rings (SSSR count). The Hall–Kier alpha value is -2.17. The van der Waals surface area contributed by atoms with Gasteiger partial charge in [-0.25, -0.2) is 4.79 Å². The quantitative estimate of drug-likeness (QED) is 0.529. The van der Waals surface area contributed by atoms with E-state index in [9.17, 15) is 18.0 Å². The Kier molecular flexibility index (Phi) is 9.94. The van der Waals surface area contributed by atoms with E-state index in [1.807, 2.05) is 0 Å². The second-order valence-corrected chi connectivity index (χ2v) is 9.52. The third-order valence-corrected chi connectivity index (χ3v) is 7.06. The summed E-state index contributed by atoms with van der Waals surface area (Å²) >= 11 is 0. The summed E-state index contributed by atoms with van der Waals surface area (Å²) in [5.74, 6) is -0.900. The van der Waals surface area contributed by atoms with E-state index in [1.54, 1.807) is 7.11 Å². The maximum atomic E-state index is 12.5. The molecule has 10 heteroatoms. The van der Waals surface area contributed by atoms with Gasteiger partial charge >= 0.3 is 12.1 Å². The highest BCUT2D eigenvalue weighted by Gasteiger charge is 2.46. The van der Waals surface area contributed by atoms with Crippen LogP contribution in [-0.4, -0.2) is 74.6 Å². The summed E-state index contributed by atoms with van der Waals surface area (Å²) in [6.45, 7) is 4.52. The van der Waals surface area contributed by atoms with Crippen molar-refractivity contribution in [1.82, 2.24) is 10.2 Å². The Morgan fingerprint density at radius 2 is 1.74 bits per heavy atom. The molecule has 0 radical (unpaired) electrons. The average Bonchev–Trinajstić information content (AvgIpc) is 3.35. The number of halogens is 3. The van der Waals surface area contributed by atoms with Gasteiger partial charge in [0, 0.05) is 38.6 Å². The van der Waals surface area contributed by atoms with Crippen molar-refractivity contribution in [2.45, 2.75) is 50.2 Å². The number of carbonyl (C=O) groups excluding carboxylic acids is 1. The zero-order valence-electron chi connectivity index (χ0n) is 20.1. The molecule has 196 valence electrons. The van der Waals surface area contributed by atoms with Gasteiger partial charge in [0.15, 0.2) is 0 Å². The summed E-state index contributed by atoms with van der Waals surface area (Å²) in [5.41, 5.74) is 2.74. The Balaban J connectivity index is 0.000000429. The molecule has 1 saturated heterocycles. The zero-order chi connectivity index (χ0) is 25.4. The number of ether oxygens (including phenoxy) is 2. The third kappa shape index (κ3) is 7.65. The van der Waals surface area contributed by atoms with Gasteiger partial charge in [0.1, 0.15) is 6.61 Å². The van der Waals surface area contributed by atoms with Gasteiger partial charge < -0.3 is 24.8 Å². The fourth-order valence-corrected chi connectivity index (χ4v) is 5.53. The molecule has 2 N–H and O–H groups in total. The molecule has 0 aromatic heterocycles. The third-order valence-electron chi connectivity index (χ3n) is 7.06. The highest BCUT2D eigenvalue weighted by Crippen LogP contribution is 2.49. The lowest BCUT2D eigenvalue weighted by atomic mass is 9.89. The van der Waals surface area contributed by atoms with E-state index >= 15 is 0 Å². The first-order chi connectivity index (χ1) is 16.7. The van der Waals surface area contributed by atoms with E-state index in [4.69, 9.17) is 19.4 Å². The molecule has 1 saturated carbocycles. The number of carbonyl (C=O) groups is 2. The second kappa shape index (κ2) is 12.7. The summed E-state index contributed by atoms with van der Waals surface area (Å²) in [6.07, 6.45) is 1.91. The Bertz CT molecular complexity index is 845. The molecule has 35 heavy (non-hydrogen) atoms. The van der Waals surface area contributed by atoms with Crippen molar-refractivity contribution in [2.24, 2.45) is 11.8 Å². The number of hydrogen-bond acceptors (Lipinski definition) is 5. The SMILES string of the molecule is COCCOCC(=O)N[C@@H]1c2ccccc2[C@@H]2CN(CC3CCCCC3)C[C@H]12.O=C(O)C(F)(F)F. The number of rotatable bonds is 8. The van der Waals surface area contributed by atoms with Gasteiger partial charge in [0.25, 0.3) is 0 Å². The van der Waals surface area contributed by atoms with E-state index in [0.717, 1.165) is 19.0 Å². The van der Waals surface area contributed by atoms with Crippen molar-refractivity contribution in [3.8, 4) is 0 Å². The second-order valence-electron chi connectivity index (χ2n) is 9.52. The van der Waals surface area contributed by atoms with E-state index in [2.05, 4.69) is 34.5 Å². The predicted molar refractivity (Wildman–Crippen MR) is 123 cm³/mol. The Labute approximate surface area is 204 Å². The largest absolute Gasteiger partial charge is 0.490 e. The average molecular weight is 501 g/mol. The summed E-state index contributed by atoms with van der Waals surface area (Å²) < 4.78 is 42.1. The summed E-state index contributed by atoms with van der Waals surface area (Å²) in [4.78, 5) is 24.0. The van der Waals surface area contributed by atoms with Crippen molar-refractivity contribution in [2.75, 3.05) is 46.6 Å². The van der Waals surface area contributed by atoms with Gasteiger partial charge in [-0.1, -0.05) is 43.5 Å². The topological polar surface area (TPSA) is 88.1 Å². The molecular weight excluding hydrogens is 465 g/mol. The fourth-order valence-electron chi connectivity index (χ4n) is 5.53. The first-order valence-electron chi connectivity index (χ1n) is 12.2. The Morgan fingerprint density at radius 3 is 2.37 bits per heavy atom. The molecule has 1 aromatic rings. The molecule has 2 aliphatic carbocycles. The number of carboxylic acid groups (broad SMARTS) is 1. The van der Waals surface area contributed by atoms with Crippen molar-refractivity contribution in [3.63, 3.8) is 0 Å². The highest BCUT2D eigenvalue weighted by atomic mass is 19.4. The zero-order valence-corrected chi connectivity index (χ0v) is 20.1. The van der Waals surface area contributed by atoms with E-state index in [1.165, 1.54) is 49.8 Å². The molecule has 0 unspecified atom stereocenters. The minimum absolute atomic E-state index is 0.0257. The van der Waals surface area contributed by atoms with Crippen LogP contribution in [0.5, 0.6) is 0 Å². The van der Waals surface area contributed by atoms with Crippen LogP contribution in [0, 0.1) is 11.8 Å². The van der Waals surface area contributed by atoms with Gasteiger partial charge in [-0.05, 0) is 29.9 Å². The van der Waals surface area contributed by atoms with Crippen LogP contribution < -0.4 is 5.32 Å². The first kappa shape index (κ1) is 27.4. The molecule has 1 aromatic carbocycles. The molecule has 0 spiro atoms. The fraction of sp³-hybridized carbons (Fsp3) is 0.680. The number of likely N-dealkylation sites (tertiary alicyclic amines) is 1. The van der Waals surface area contributed by atoms with Crippen LogP contribution in [0.4, 0.5) is 13.2 Å². The van der Waals surface area contributed by atoms with Crippen LogP contribution in [0.3, 0.4) is 0 Å². The van der Waals surface area contributed by atoms with Crippen LogP contribution in [0.1, 0.15) is 55.2 Å². The number of alkyl halides is 3. The molecule has 1 amide bonds. The molecule has 7 nitrogen and oxygen atoms in total. The molecule has 0 bridgehead atoms. The molecule has 2 fully saturated rings. The maximum Gasteiger partial charge on any atom is 0.490 e. The number of fused-ring (bicyclic) bond motifs is 3. The number of nitrogens with one attached hydrogen (secondary N) is 1. The minimum Gasteiger partial charge on any atom is -0.475 e. The number of benzene rings is 1. The standard InChI is InChI=1S/C23H34N2O3.C2HF3O2/c1-27-11-12-28-16-22(26)24-23-19-10-6-5-9-18(19)20-14-25(15-21(20)23)13-17-7-3-2-4-8-17;3-2(4,5)1(6)7/h5-6,9-10,17,20-21,23H,2-4,7-8,11-16H2,1H3,(H,24,26);(H,6,7)/t20-,21-,23+;/m0./s1. The number of carboxylic acids is 1. The number of nitrogens with zero attached hydrogens (tertiary/aromatic N) is 1. The molecular formula is C25H35F3N2O5. The molecule has 3 atom stereocenters. The van der Waals surface area contributed by atoms with Crippen molar-refractivity contribution in [3.05, 3.63) is 35.4 Å². The number of aliphatic carboxylic acids is 1. The monoisotopic (exact) mass is 500 g/mol. The van der Waals surface area contributed by atoms with E-state index < -0.39 is 12.1 Å². The van der Waals surface area contributed by atoms with Crippen molar-refractivity contribution in [1.29, 1.82) is 0 Å². The number of amides is 1. The Morgan fingerprint density at radius 1 is 1.09 bits per heavy atom. The lowest BCUT2D eigenvalue weighted by molar-refractivity contribution is -0.192. The smallest absolute Gasteiger partial charge is 0.475 e. The number of hydrogen-bond donors (Lipinski definition) is 2. The number of methoxy groups -OCH3 is 1. The first-order valence-corrected chi connectivity index (χ1v) is 12.2. The van der Waals surface area contributed by atoms with E-state index in [-0.39, 0.29) is 18.6 Å². The van der Waals surface area contributed by atoms with Gasteiger partial charge in [0.2, 0.25) is 5.91 Å².